The lowest BCUT2D eigenvalue weighted by molar-refractivity contribution is 0.0205. The summed E-state index contributed by atoms with van der Waals surface area (Å²) in [4.78, 5) is 5.93. The van der Waals surface area contributed by atoms with Gasteiger partial charge in [0.25, 0.3) is 0 Å². The minimum atomic E-state index is 0.0643. The predicted octanol–water partition coefficient (Wildman–Crippen LogP) is 3.68. The highest BCUT2D eigenvalue weighted by atomic mass is 32.1. The summed E-state index contributed by atoms with van der Waals surface area (Å²) in [6, 6.07) is 8.04. The van der Waals surface area contributed by atoms with E-state index in [9.17, 15) is 0 Å². The number of nitrogens with zero attached hydrogens (tertiary/aromatic N) is 1. The van der Waals surface area contributed by atoms with Gasteiger partial charge in [0, 0.05) is 31.5 Å². The van der Waals surface area contributed by atoms with Gasteiger partial charge in [-0.15, -0.1) is 11.3 Å². The number of thiophene rings is 1. The molecule has 0 radical (unpaired) electrons. The fraction of sp³-hybridized carbons (Fsp3) is 0.526. The van der Waals surface area contributed by atoms with E-state index in [1.165, 1.54) is 4.88 Å². The van der Waals surface area contributed by atoms with Crippen LogP contribution in [0.25, 0.3) is 0 Å². The van der Waals surface area contributed by atoms with Crippen molar-refractivity contribution in [3.8, 4) is 0 Å². The number of guanidine groups is 1. The molecule has 0 saturated heterocycles. The Morgan fingerprint density at radius 1 is 1.28 bits per heavy atom. The first-order valence-corrected chi connectivity index (χ1v) is 9.46. The summed E-state index contributed by atoms with van der Waals surface area (Å²) in [5.74, 6) is 1.76. The van der Waals surface area contributed by atoms with Crippen molar-refractivity contribution in [1.82, 2.24) is 10.6 Å². The second kappa shape index (κ2) is 9.63. The van der Waals surface area contributed by atoms with Gasteiger partial charge in [0.2, 0.25) is 0 Å². The standard InChI is InChI=1S/C19H29N3O2S/c1-19(2,3)17(23-4)14-22-18(21-13-16-8-6-12-25-16)20-10-9-15-7-5-11-24-15/h5-8,11-12,17H,9-10,13-14H2,1-4H3,(H2,20,21,22). The Morgan fingerprint density at radius 2 is 2.12 bits per heavy atom. The zero-order valence-electron chi connectivity index (χ0n) is 15.5. The van der Waals surface area contributed by atoms with Crippen LogP contribution in [0.15, 0.2) is 45.3 Å². The molecule has 5 nitrogen and oxygen atoms in total. The number of aliphatic imine (C=N–C) groups is 1. The summed E-state index contributed by atoms with van der Waals surface area (Å²) in [6.07, 6.45) is 2.62. The maximum atomic E-state index is 5.62. The molecule has 2 N–H and O–H groups in total. The molecule has 0 aliphatic rings. The van der Waals surface area contributed by atoms with Crippen LogP contribution in [0.1, 0.15) is 31.4 Å². The lowest BCUT2D eigenvalue weighted by atomic mass is 9.89. The van der Waals surface area contributed by atoms with E-state index >= 15 is 0 Å². The van der Waals surface area contributed by atoms with Crippen LogP contribution in [0.2, 0.25) is 0 Å². The highest BCUT2D eigenvalue weighted by molar-refractivity contribution is 7.09. The third kappa shape index (κ3) is 6.92. The zero-order valence-corrected chi connectivity index (χ0v) is 16.4. The summed E-state index contributed by atoms with van der Waals surface area (Å²) < 4.78 is 11.0. The van der Waals surface area contributed by atoms with E-state index in [0.29, 0.717) is 13.1 Å². The molecule has 2 rings (SSSR count). The van der Waals surface area contributed by atoms with E-state index in [4.69, 9.17) is 14.1 Å². The Hall–Kier alpha value is -1.79. The summed E-state index contributed by atoms with van der Waals surface area (Å²) in [5, 5.41) is 8.86. The van der Waals surface area contributed by atoms with Crippen molar-refractivity contribution in [1.29, 1.82) is 0 Å². The maximum absolute atomic E-state index is 5.62. The van der Waals surface area contributed by atoms with Crippen molar-refractivity contribution in [3.05, 3.63) is 46.5 Å². The number of furan rings is 1. The molecule has 1 atom stereocenters. The largest absolute Gasteiger partial charge is 0.469 e. The zero-order chi connectivity index (χ0) is 18.1. The summed E-state index contributed by atoms with van der Waals surface area (Å²) >= 11 is 1.72. The van der Waals surface area contributed by atoms with E-state index in [-0.39, 0.29) is 11.5 Å². The first-order valence-electron chi connectivity index (χ1n) is 8.59. The van der Waals surface area contributed by atoms with Crippen LogP contribution < -0.4 is 10.6 Å². The van der Waals surface area contributed by atoms with Gasteiger partial charge in [-0.1, -0.05) is 26.8 Å². The molecule has 0 bridgehead atoms. The van der Waals surface area contributed by atoms with E-state index in [2.05, 4.69) is 42.9 Å². The molecule has 2 aromatic rings. The van der Waals surface area contributed by atoms with Crippen LogP contribution >= 0.6 is 11.3 Å². The van der Waals surface area contributed by atoms with E-state index in [0.717, 1.165) is 24.7 Å². The number of hydrogen-bond donors (Lipinski definition) is 2. The van der Waals surface area contributed by atoms with Gasteiger partial charge in [-0.3, -0.25) is 0 Å². The number of hydrogen-bond acceptors (Lipinski definition) is 4. The highest BCUT2D eigenvalue weighted by Gasteiger charge is 2.24. The highest BCUT2D eigenvalue weighted by Crippen LogP contribution is 2.20. The van der Waals surface area contributed by atoms with Crippen molar-refractivity contribution < 1.29 is 9.15 Å². The average Bonchev–Trinajstić information content (AvgIpc) is 3.24. The third-order valence-corrected chi connectivity index (χ3v) is 4.78. The van der Waals surface area contributed by atoms with Crippen molar-refractivity contribution in [2.24, 2.45) is 10.4 Å². The van der Waals surface area contributed by atoms with Crippen molar-refractivity contribution in [2.45, 2.75) is 39.8 Å². The summed E-state index contributed by atoms with van der Waals surface area (Å²) in [7, 11) is 1.75. The number of rotatable bonds is 8. The van der Waals surface area contributed by atoms with E-state index < -0.39 is 0 Å². The van der Waals surface area contributed by atoms with Crippen LogP contribution in [-0.2, 0) is 17.7 Å². The second-order valence-electron chi connectivity index (χ2n) is 6.97. The fourth-order valence-corrected chi connectivity index (χ4v) is 3.05. The maximum Gasteiger partial charge on any atom is 0.191 e. The van der Waals surface area contributed by atoms with Crippen molar-refractivity contribution in [3.63, 3.8) is 0 Å². The molecule has 0 saturated carbocycles. The molecule has 0 amide bonds. The molecule has 0 aromatic carbocycles. The van der Waals surface area contributed by atoms with Crippen LogP contribution in [-0.4, -0.2) is 32.3 Å². The van der Waals surface area contributed by atoms with Gasteiger partial charge < -0.3 is 19.8 Å². The van der Waals surface area contributed by atoms with Gasteiger partial charge in [-0.25, -0.2) is 4.99 Å². The van der Waals surface area contributed by atoms with E-state index in [1.807, 2.05) is 18.2 Å². The smallest absolute Gasteiger partial charge is 0.191 e. The molecule has 2 aromatic heterocycles. The number of ether oxygens (including phenoxy) is 1. The normalized spacial score (nSPS) is 13.7. The van der Waals surface area contributed by atoms with E-state index in [1.54, 1.807) is 24.7 Å². The molecular formula is C19H29N3O2S. The Morgan fingerprint density at radius 3 is 2.72 bits per heavy atom. The molecule has 2 heterocycles. The third-order valence-electron chi connectivity index (χ3n) is 3.92. The van der Waals surface area contributed by atoms with Crippen LogP contribution in [0.5, 0.6) is 0 Å². The molecule has 25 heavy (non-hydrogen) atoms. The minimum Gasteiger partial charge on any atom is -0.469 e. The van der Waals surface area contributed by atoms with Crippen LogP contribution in [0, 0.1) is 5.41 Å². The molecule has 138 valence electrons. The number of methoxy groups -OCH3 is 1. The van der Waals surface area contributed by atoms with Gasteiger partial charge in [-0.05, 0) is 29.0 Å². The van der Waals surface area contributed by atoms with Crippen molar-refractivity contribution in [2.75, 3.05) is 20.2 Å². The summed E-state index contributed by atoms with van der Waals surface area (Å²) in [6.45, 7) is 8.66. The van der Waals surface area contributed by atoms with Crippen molar-refractivity contribution >= 4 is 17.3 Å². The topological polar surface area (TPSA) is 58.8 Å². The Kier molecular flexibility index (Phi) is 7.52. The monoisotopic (exact) mass is 363 g/mol. The van der Waals surface area contributed by atoms with Gasteiger partial charge in [0.1, 0.15) is 5.76 Å². The number of nitrogens with one attached hydrogen (secondary N) is 2. The van der Waals surface area contributed by atoms with Gasteiger partial charge in [0.15, 0.2) is 5.96 Å². The SMILES string of the molecule is COC(CNC(=NCc1cccs1)NCCc1ccco1)C(C)(C)C. The minimum absolute atomic E-state index is 0.0643. The molecule has 6 heteroatoms. The molecular weight excluding hydrogens is 334 g/mol. The van der Waals surface area contributed by atoms with Crippen LogP contribution in [0.3, 0.4) is 0 Å². The first-order chi connectivity index (χ1) is 12.0. The Labute approximate surface area is 154 Å². The Bertz CT molecular complexity index is 616. The lowest BCUT2D eigenvalue weighted by Gasteiger charge is -2.30. The average molecular weight is 364 g/mol. The van der Waals surface area contributed by atoms with Gasteiger partial charge in [0.05, 0.1) is 18.9 Å². The first kappa shape index (κ1) is 19.5. The molecule has 0 aliphatic carbocycles. The lowest BCUT2D eigenvalue weighted by Crippen LogP contribution is -2.45. The molecule has 1 unspecified atom stereocenters. The molecule has 0 fully saturated rings. The molecule has 0 aliphatic heterocycles. The van der Waals surface area contributed by atoms with Gasteiger partial charge in [-0.2, -0.15) is 0 Å². The van der Waals surface area contributed by atoms with Crippen LogP contribution in [0.4, 0.5) is 0 Å². The summed E-state index contributed by atoms with van der Waals surface area (Å²) in [5.41, 5.74) is 0.0643. The Balaban J connectivity index is 1.91. The fourth-order valence-electron chi connectivity index (χ4n) is 2.43. The second-order valence-corrected chi connectivity index (χ2v) is 8.00. The quantitative estimate of drug-likeness (QED) is 0.555. The van der Waals surface area contributed by atoms with Gasteiger partial charge >= 0.3 is 0 Å². The molecule has 0 spiro atoms. The predicted molar refractivity (Wildman–Crippen MR) is 104 cm³/mol.